The summed E-state index contributed by atoms with van der Waals surface area (Å²) in [6.07, 6.45) is 0. The molecule has 0 saturated carbocycles. The summed E-state index contributed by atoms with van der Waals surface area (Å²) in [6.45, 7) is 0. The third-order valence-corrected chi connectivity index (χ3v) is 9.60. The Bertz CT molecular complexity index is 2390. The molecule has 0 saturated heterocycles. The van der Waals surface area contributed by atoms with Crippen LogP contribution in [0.4, 0.5) is 0 Å². The first-order valence-corrected chi connectivity index (χ1v) is 15.1. The molecule has 0 spiro atoms. The summed E-state index contributed by atoms with van der Waals surface area (Å²) in [6, 6.07) is 52.4. The van der Waals surface area contributed by atoms with Gasteiger partial charge in [-0.15, -0.1) is 11.3 Å². The van der Waals surface area contributed by atoms with Crippen molar-refractivity contribution in [2.45, 2.75) is 0 Å². The van der Waals surface area contributed by atoms with Gasteiger partial charge in [-0.05, 0) is 62.0 Å². The molecule has 9 aromatic rings. The molecule has 0 radical (unpaired) electrons. The highest BCUT2D eigenvalue weighted by Gasteiger charge is 2.23. The zero-order valence-electron chi connectivity index (χ0n) is 22.7. The van der Waals surface area contributed by atoms with Crippen LogP contribution >= 0.6 is 11.3 Å². The molecular formula is C40H24OS. The van der Waals surface area contributed by atoms with Crippen molar-refractivity contribution in [2.75, 3.05) is 0 Å². The predicted molar refractivity (Wildman–Crippen MR) is 180 cm³/mol. The highest BCUT2D eigenvalue weighted by molar-refractivity contribution is 7.22. The van der Waals surface area contributed by atoms with Gasteiger partial charge in [-0.1, -0.05) is 127 Å². The number of benzene rings is 7. The fourth-order valence-corrected chi connectivity index (χ4v) is 7.81. The molecule has 2 heterocycles. The second kappa shape index (κ2) is 9.17. The summed E-state index contributed by atoms with van der Waals surface area (Å²) in [7, 11) is 0. The van der Waals surface area contributed by atoms with Crippen LogP contribution in [0.15, 0.2) is 150 Å². The Morgan fingerprint density at radius 2 is 0.905 bits per heavy atom. The molecule has 9 rings (SSSR count). The highest BCUT2D eigenvalue weighted by Crippen LogP contribution is 2.51. The largest absolute Gasteiger partial charge is 0.456 e. The molecule has 42 heavy (non-hydrogen) atoms. The second-order valence-corrected chi connectivity index (χ2v) is 11.9. The minimum absolute atomic E-state index is 0.921. The number of fused-ring (bicyclic) bond motifs is 6. The molecular weight excluding hydrogens is 529 g/mol. The van der Waals surface area contributed by atoms with Crippen LogP contribution in [0.25, 0.3) is 86.3 Å². The first-order valence-electron chi connectivity index (χ1n) is 14.3. The van der Waals surface area contributed by atoms with Crippen molar-refractivity contribution in [1.29, 1.82) is 0 Å². The van der Waals surface area contributed by atoms with Crippen LogP contribution in [0.5, 0.6) is 0 Å². The van der Waals surface area contributed by atoms with Gasteiger partial charge in [-0.25, -0.2) is 0 Å². The fraction of sp³-hybridized carbons (Fsp3) is 0. The molecule has 0 unspecified atom stereocenters. The molecule has 0 bridgehead atoms. The molecule has 1 nitrogen and oxygen atoms in total. The molecule has 7 aromatic carbocycles. The molecule has 0 N–H and O–H groups in total. The van der Waals surface area contributed by atoms with E-state index in [-0.39, 0.29) is 0 Å². The summed E-state index contributed by atoms with van der Waals surface area (Å²) in [5.74, 6) is 0. The maximum absolute atomic E-state index is 6.56. The number of furan rings is 1. The minimum Gasteiger partial charge on any atom is -0.456 e. The van der Waals surface area contributed by atoms with E-state index in [2.05, 4.69) is 146 Å². The van der Waals surface area contributed by atoms with E-state index in [0.29, 0.717) is 0 Å². The lowest BCUT2D eigenvalue weighted by Gasteiger charge is -2.19. The summed E-state index contributed by atoms with van der Waals surface area (Å²) in [4.78, 5) is 1.26. The summed E-state index contributed by atoms with van der Waals surface area (Å²) < 4.78 is 7.79. The Labute approximate surface area is 246 Å². The van der Waals surface area contributed by atoms with Gasteiger partial charge in [-0.3, -0.25) is 0 Å². The molecule has 2 heteroatoms. The number of rotatable bonds is 3. The van der Waals surface area contributed by atoms with Crippen LogP contribution in [0.2, 0.25) is 0 Å². The molecule has 0 aliphatic carbocycles. The van der Waals surface area contributed by atoms with E-state index in [1.54, 1.807) is 0 Å². The zero-order valence-corrected chi connectivity index (χ0v) is 23.5. The van der Waals surface area contributed by atoms with E-state index >= 15 is 0 Å². The lowest BCUT2D eigenvalue weighted by Crippen LogP contribution is -1.91. The van der Waals surface area contributed by atoms with E-state index in [1.165, 1.54) is 69.7 Å². The Morgan fingerprint density at radius 3 is 1.55 bits per heavy atom. The lowest BCUT2D eigenvalue weighted by atomic mass is 9.84. The Morgan fingerprint density at radius 1 is 0.381 bits per heavy atom. The van der Waals surface area contributed by atoms with Crippen LogP contribution in [-0.4, -0.2) is 0 Å². The standard InChI is InChI=1S/C40H24OS/c1-3-13-25(14-4-1)35-23-32-36(42-35)24-34-39(31-21-11-12-22-33(31)41-34)40(32)38-29-19-9-7-17-27(29)37(26-15-5-2-6-16-26)28-18-8-10-20-30(28)38/h1-24H. The van der Waals surface area contributed by atoms with Crippen molar-refractivity contribution in [3.8, 4) is 32.7 Å². The van der Waals surface area contributed by atoms with Crippen LogP contribution < -0.4 is 0 Å². The van der Waals surface area contributed by atoms with Gasteiger partial charge >= 0.3 is 0 Å². The van der Waals surface area contributed by atoms with E-state index in [9.17, 15) is 0 Å². The van der Waals surface area contributed by atoms with Crippen molar-refractivity contribution in [1.82, 2.24) is 0 Å². The van der Waals surface area contributed by atoms with Gasteiger partial charge in [0, 0.05) is 31.3 Å². The number of hydrogen-bond donors (Lipinski definition) is 0. The van der Waals surface area contributed by atoms with Crippen LogP contribution in [0, 0.1) is 0 Å². The van der Waals surface area contributed by atoms with Gasteiger partial charge in [0.1, 0.15) is 11.2 Å². The SMILES string of the molecule is c1ccc(-c2cc3c(-c4c5ccccc5c(-c5ccccc5)c5ccccc45)c4c(cc3s2)oc2ccccc24)cc1. The molecule has 0 amide bonds. The first kappa shape index (κ1) is 23.5. The summed E-state index contributed by atoms with van der Waals surface area (Å²) in [5, 5.41) is 8.61. The molecule has 0 aliphatic heterocycles. The molecule has 0 aliphatic rings. The Hall–Kier alpha value is -5.18. The molecule has 2 aromatic heterocycles. The van der Waals surface area contributed by atoms with Gasteiger partial charge in [-0.2, -0.15) is 0 Å². The Balaban J connectivity index is 1.52. The maximum atomic E-state index is 6.56. The molecule has 196 valence electrons. The van der Waals surface area contributed by atoms with E-state index in [1.807, 2.05) is 11.3 Å². The lowest BCUT2D eigenvalue weighted by molar-refractivity contribution is 0.669. The second-order valence-electron chi connectivity index (χ2n) is 10.8. The third kappa shape index (κ3) is 3.43. The van der Waals surface area contributed by atoms with E-state index in [4.69, 9.17) is 4.42 Å². The van der Waals surface area contributed by atoms with Gasteiger partial charge in [0.15, 0.2) is 0 Å². The van der Waals surface area contributed by atoms with Crippen molar-refractivity contribution in [3.63, 3.8) is 0 Å². The van der Waals surface area contributed by atoms with E-state index < -0.39 is 0 Å². The average molecular weight is 553 g/mol. The van der Waals surface area contributed by atoms with Gasteiger partial charge in [0.05, 0.1) is 0 Å². The van der Waals surface area contributed by atoms with Gasteiger partial charge < -0.3 is 4.42 Å². The third-order valence-electron chi connectivity index (χ3n) is 8.47. The summed E-state index contributed by atoms with van der Waals surface area (Å²) >= 11 is 1.83. The van der Waals surface area contributed by atoms with Crippen molar-refractivity contribution >= 4 is 64.9 Å². The topological polar surface area (TPSA) is 13.1 Å². The fourth-order valence-electron chi connectivity index (χ4n) is 6.70. The number of thiophene rings is 1. The zero-order chi connectivity index (χ0) is 27.6. The van der Waals surface area contributed by atoms with Crippen LogP contribution in [0.1, 0.15) is 0 Å². The van der Waals surface area contributed by atoms with Crippen molar-refractivity contribution < 1.29 is 4.42 Å². The van der Waals surface area contributed by atoms with Crippen LogP contribution in [-0.2, 0) is 0 Å². The predicted octanol–water partition coefficient (Wildman–Crippen LogP) is 12.1. The number of para-hydroxylation sites is 1. The van der Waals surface area contributed by atoms with E-state index in [0.717, 1.165) is 16.6 Å². The van der Waals surface area contributed by atoms with Crippen molar-refractivity contribution in [3.05, 3.63) is 146 Å². The monoisotopic (exact) mass is 552 g/mol. The average Bonchev–Trinajstić information content (AvgIpc) is 3.65. The number of hydrogen-bond acceptors (Lipinski definition) is 2. The normalized spacial score (nSPS) is 11.8. The maximum Gasteiger partial charge on any atom is 0.137 e. The Kier molecular flexibility index (Phi) is 5.13. The highest BCUT2D eigenvalue weighted by atomic mass is 32.1. The van der Waals surface area contributed by atoms with Gasteiger partial charge in [0.25, 0.3) is 0 Å². The van der Waals surface area contributed by atoms with Crippen molar-refractivity contribution in [2.24, 2.45) is 0 Å². The molecule has 0 atom stereocenters. The van der Waals surface area contributed by atoms with Crippen LogP contribution in [0.3, 0.4) is 0 Å². The smallest absolute Gasteiger partial charge is 0.137 e. The van der Waals surface area contributed by atoms with Gasteiger partial charge in [0.2, 0.25) is 0 Å². The first-order chi connectivity index (χ1) is 20.8. The summed E-state index contributed by atoms with van der Waals surface area (Å²) in [5.41, 5.74) is 8.11. The quantitative estimate of drug-likeness (QED) is 0.199. The molecule has 0 fully saturated rings. The minimum atomic E-state index is 0.921.